The lowest BCUT2D eigenvalue weighted by Gasteiger charge is -2.33. The van der Waals surface area contributed by atoms with E-state index in [1.54, 1.807) is 0 Å². The normalized spacial score (nSPS) is 23.8. The van der Waals surface area contributed by atoms with Gasteiger partial charge in [0.1, 0.15) is 5.66 Å². The fourth-order valence-corrected chi connectivity index (χ4v) is 4.37. The second-order valence-corrected chi connectivity index (χ2v) is 7.22. The molecule has 4 heteroatoms. The molecular weight excluding hydrogens is 344 g/mol. The van der Waals surface area contributed by atoms with Gasteiger partial charge in [0.2, 0.25) is 0 Å². The summed E-state index contributed by atoms with van der Waals surface area (Å²) >= 11 is 6.11. The number of halogens is 1. The van der Waals surface area contributed by atoms with Crippen LogP contribution in [0.2, 0.25) is 5.02 Å². The molecule has 1 amide bonds. The maximum atomic E-state index is 13.2. The van der Waals surface area contributed by atoms with Crippen molar-refractivity contribution in [3.05, 3.63) is 106 Å². The summed E-state index contributed by atoms with van der Waals surface area (Å²) in [4.78, 5) is 15.1. The molecule has 1 saturated heterocycles. The number of benzene rings is 3. The second-order valence-electron chi connectivity index (χ2n) is 6.79. The predicted octanol–water partition coefficient (Wildman–Crippen LogP) is 4.34. The highest BCUT2D eigenvalue weighted by molar-refractivity contribution is 6.30. The number of amides is 1. The Kier molecular flexibility index (Phi) is 3.42. The molecule has 2 atom stereocenters. The highest BCUT2D eigenvalue weighted by atomic mass is 35.5. The summed E-state index contributed by atoms with van der Waals surface area (Å²) in [6.07, 6.45) is 0. The molecule has 0 bridgehead atoms. The molecule has 5 rings (SSSR count). The van der Waals surface area contributed by atoms with Crippen LogP contribution >= 0.6 is 11.6 Å². The predicted molar refractivity (Wildman–Crippen MR) is 102 cm³/mol. The fourth-order valence-electron chi connectivity index (χ4n) is 4.24. The third-order valence-electron chi connectivity index (χ3n) is 5.41. The van der Waals surface area contributed by atoms with E-state index in [1.165, 1.54) is 5.56 Å². The number of hydrogen-bond donors (Lipinski definition) is 1. The highest BCUT2D eigenvalue weighted by Gasteiger charge is 2.56. The van der Waals surface area contributed by atoms with E-state index in [4.69, 9.17) is 11.6 Å². The van der Waals surface area contributed by atoms with Crippen molar-refractivity contribution in [2.45, 2.75) is 11.7 Å². The first-order valence-corrected chi connectivity index (χ1v) is 9.08. The molecule has 0 aromatic heterocycles. The van der Waals surface area contributed by atoms with Gasteiger partial charge in [0.15, 0.2) is 0 Å². The van der Waals surface area contributed by atoms with Crippen LogP contribution in [0.25, 0.3) is 0 Å². The number of carbonyl (C=O) groups excluding carboxylic acids is 1. The monoisotopic (exact) mass is 360 g/mol. The molecule has 1 fully saturated rings. The summed E-state index contributed by atoms with van der Waals surface area (Å²) in [5.41, 5.74) is 3.32. The van der Waals surface area contributed by atoms with Crippen molar-refractivity contribution in [1.82, 2.24) is 10.2 Å². The smallest absolute Gasteiger partial charge is 0.256 e. The summed E-state index contributed by atoms with van der Waals surface area (Å²) < 4.78 is 0. The van der Waals surface area contributed by atoms with Crippen molar-refractivity contribution < 1.29 is 4.79 Å². The lowest BCUT2D eigenvalue weighted by Crippen LogP contribution is -2.47. The topological polar surface area (TPSA) is 32.3 Å². The van der Waals surface area contributed by atoms with Crippen molar-refractivity contribution in [3.63, 3.8) is 0 Å². The standard InChI is InChI=1S/C22H17ClN2O/c23-17-12-10-16(11-13-17)22-19-9-5-4-8-18(19)21(26)25(22)14-20(24-22)15-6-2-1-3-7-15/h1-13,20,24H,14H2/t20-,22?/m0/s1. The van der Waals surface area contributed by atoms with Crippen LogP contribution in [0, 0.1) is 0 Å². The van der Waals surface area contributed by atoms with Gasteiger partial charge in [-0.1, -0.05) is 72.3 Å². The van der Waals surface area contributed by atoms with Gasteiger partial charge in [-0.15, -0.1) is 0 Å². The van der Waals surface area contributed by atoms with Gasteiger partial charge in [-0.2, -0.15) is 0 Å². The zero-order chi connectivity index (χ0) is 17.7. The summed E-state index contributed by atoms with van der Waals surface area (Å²) in [6.45, 7) is 0.625. The van der Waals surface area contributed by atoms with Crippen LogP contribution < -0.4 is 5.32 Å². The third-order valence-corrected chi connectivity index (χ3v) is 5.66. The van der Waals surface area contributed by atoms with Crippen molar-refractivity contribution in [2.24, 2.45) is 0 Å². The average molecular weight is 361 g/mol. The molecular formula is C22H17ClN2O. The molecule has 3 aromatic carbocycles. The fraction of sp³-hybridized carbons (Fsp3) is 0.136. The lowest BCUT2D eigenvalue weighted by molar-refractivity contribution is 0.0694. The molecule has 0 aliphatic carbocycles. The number of nitrogens with zero attached hydrogens (tertiary/aromatic N) is 1. The second kappa shape index (κ2) is 5.70. The van der Waals surface area contributed by atoms with Crippen LogP contribution in [0.5, 0.6) is 0 Å². The molecule has 1 unspecified atom stereocenters. The Bertz CT molecular complexity index is 987. The molecule has 0 spiro atoms. The van der Waals surface area contributed by atoms with Gasteiger partial charge in [0, 0.05) is 22.7 Å². The summed E-state index contributed by atoms with van der Waals surface area (Å²) in [5.74, 6) is 0.0708. The first-order valence-electron chi connectivity index (χ1n) is 8.70. The zero-order valence-electron chi connectivity index (χ0n) is 14.0. The largest absolute Gasteiger partial charge is 0.310 e. The molecule has 1 N–H and O–H groups in total. The van der Waals surface area contributed by atoms with Gasteiger partial charge in [-0.3, -0.25) is 10.1 Å². The van der Waals surface area contributed by atoms with E-state index in [1.807, 2.05) is 71.6 Å². The Morgan fingerprint density at radius 3 is 2.38 bits per heavy atom. The van der Waals surface area contributed by atoms with E-state index in [-0.39, 0.29) is 11.9 Å². The third kappa shape index (κ3) is 2.08. The van der Waals surface area contributed by atoms with E-state index in [0.717, 1.165) is 16.7 Å². The molecule has 2 aliphatic heterocycles. The minimum atomic E-state index is -0.654. The van der Waals surface area contributed by atoms with E-state index >= 15 is 0 Å². The van der Waals surface area contributed by atoms with Crippen LogP contribution in [0.15, 0.2) is 78.9 Å². The number of rotatable bonds is 2. The first kappa shape index (κ1) is 15.6. The molecule has 26 heavy (non-hydrogen) atoms. The highest BCUT2D eigenvalue weighted by Crippen LogP contribution is 2.48. The van der Waals surface area contributed by atoms with Crippen LogP contribution in [0.1, 0.15) is 33.1 Å². The van der Waals surface area contributed by atoms with Crippen molar-refractivity contribution in [1.29, 1.82) is 0 Å². The molecule has 2 aliphatic rings. The first-order chi connectivity index (χ1) is 12.7. The van der Waals surface area contributed by atoms with Crippen LogP contribution in [-0.2, 0) is 5.66 Å². The Balaban J connectivity index is 1.70. The molecule has 3 nitrogen and oxygen atoms in total. The maximum Gasteiger partial charge on any atom is 0.256 e. The average Bonchev–Trinajstić information content (AvgIpc) is 3.19. The molecule has 3 aromatic rings. The van der Waals surface area contributed by atoms with E-state index in [0.29, 0.717) is 11.6 Å². The Morgan fingerprint density at radius 2 is 1.62 bits per heavy atom. The SMILES string of the molecule is O=C1c2ccccc2C2(c3ccc(Cl)cc3)N[C@H](c3ccccc3)CN12. The summed E-state index contributed by atoms with van der Waals surface area (Å²) in [5, 5.41) is 4.45. The maximum absolute atomic E-state index is 13.2. The van der Waals surface area contributed by atoms with Crippen molar-refractivity contribution in [3.8, 4) is 0 Å². The minimum Gasteiger partial charge on any atom is -0.310 e. The quantitative estimate of drug-likeness (QED) is 0.737. The molecule has 2 heterocycles. The number of hydrogen-bond acceptors (Lipinski definition) is 2. The van der Waals surface area contributed by atoms with Gasteiger partial charge in [-0.25, -0.2) is 0 Å². The van der Waals surface area contributed by atoms with Gasteiger partial charge < -0.3 is 4.90 Å². The number of fused-ring (bicyclic) bond motifs is 3. The molecule has 0 radical (unpaired) electrons. The minimum absolute atomic E-state index is 0.0708. The van der Waals surface area contributed by atoms with Gasteiger partial charge in [0.05, 0.1) is 6.04 Å². The Labute approximate surface area is 157 Å². The van der Waals surface area contributed by atoms with Gasteiger partial charge >= 0.3 is 0 Å². The summed E-state index contributed by atoms with van der Waals surface area (Å²) in [7, 11) is 0. The van der Waals surface area contributed by atoms with Crippen molar-refractivity contribution in [2.75, 3.05) is 6.54 Å². The van der Waals surface area contributed by atoms with Crippen molar-refractivity contribution >= 4 is 17.5 Å². The number of carbonyl (C=O) groups is 1. The Morgan fingerprint density at radius 1 is 0.923 bits per heavy atom. The molecule has 0 saturated carbocycles. The van der Waals surface area contributed by atoms with E-state index in [2.05, 4.69) is 17.4 Å². The lowest BCUT2D eigenvalue weighted by atomic mass is 9.91. The van der Waals surface area contributed by atoms with Gasteiger partial charge in [0.25, 0.3) is 5.91 Å². The van der Waals surface area contributed by atoms with Crippen LogP contribution in [-0.4, -0.2) is 17.4 Å². The number of nitrogens with one attached hydrogen (secondary N) is 1. The molecule has 128 valence electrons. The Hall–Kier alpha value is -2.62. The summed E-state index contributed by atoms with van der Waals surface area (Å²) in [6, 6.07) is 26.0. The van der Waals surface area contributed by atoms with Gasteiger partial charge in [-0.05, 0) is 29.3 Å². The van der Waals surface area contributed by atoms with E-state index in [9.17, 15) is 4.79 Å². The van der Waals surface area contributed by atoms with Crippen LogP contribution in [0.4, 0.5) is 0 Å². The van der Waals surface area contributed by atoms with Crippen LogP contribution in [0.3, 0.4) is 0 Å². The zero-order valence-corrected chi connectivity index (χ0v) is 14.8. The van der Waals surface area contributed by atoms with E-state index < -0.39 is 5.66 Å².